The number of nitriles is 1. The first-order chi connectivity index (χ1) is 10.2. The summed E-state index contributed by atoms with van der Waals surface area (Å²) < 4.78 is 10.3. The molecule has 0 aliphatic rings. The molecule has 0 atom stereocenters. The van der Waals surface area contributed by atoms with Gasteiger partial charge < -0.3 is 9.47 Å². The lowest BCUT2D eigenvalue weighted by Gasteiger charge is -2.07. The number of nitrogens with zero attached hydrogens (tertiary/aromatic N) is 1. The highest BCUT2D eigenvalue weighted by Gasteiger charge is 2.05. The Bertz CT molecular complexity index is 645. The van der Waals surface area contributed by atoms with Crippen molar-refractivity contribution in [3.63, 3.8) is 0 Å². The Morgan fingerprint density at radius 1 is 1.10 bits per heavy atom. The maximum absolute atomic E-state index is 11.6. The molecule has 21 heavy (non-hydrogen) atoms. The molecule has 0 fully saturated rings. The van der Waals surface area contributed by atoms with Crippen LogP contribution in [0.25, 0.3) is 0 Å². The predicted molar refractivity (Wildman–Crippen MR) is 77.9 cm³/mol. The van der Waals surface area contributed by atoms with Crippen LogP contribution in [0.2, 0.25) is 5.02 Å². The van der Waals surface area contributed by atoms with Gasteiger partial charge >= 0.3 is 5.97 Å². The summed E-state index contributed by atoms with van der Waals surface area (Å²) in [6.07, 6.45) is 0. The number of benzene rings is 2. The van der Waals surface area contributed by atoms with Crippen molar-refractivity contribution in [2.24, 2.45) is 0 Å². The lowest BCUT2D eigenvalue weighted by molar-refractivity contribution is -0.147. The minimum Gasteiger partial charge on any atom is -0.482 e. The minimum absolute atomic E-state index is 0.173. The van der Waals surface area contributed by atoms with E-state index in [1.807, 2.05) is 6.07 Å². The van der Waals surface area contributed by atoms with Crippen LogP contribution in [0.3, 0.4) is 0 Å². The van der Waals surface area contributed by atoms with Crippen molar-refractivity contribution in [3.8, 4) is 11.8 Å². The highest BCUT2D eigenvalue weighted by Crippen LogP contribution is 2.12. The summed E-state index contributed by atoms with van der Waals surface area (Å²) in [4.78, 5) is 11.6. The van der Waals surface area contributed by atoms with E-state index in [4.69, 9.17) is 26.3 Å². The number of carbonyl (C=O) groups is 1. The van der Waals surface area contributed by atoms with E-state index >= 15 is 0 Å². The Morgan fingerprint density at radius 2 is 1.76 bits per heavy atom. The maximum Gasteiger partial charge on any atom is 0.344 e. The lowest BCUT2D eigenvalue weighted by Crippen LogP contribution is -2.14. The van der Waals surface area contributed by atoms with Gasteiger partial charge in [0.15, 0.2) is 6.61 Å². The molecule has 106 valence electrons. The van der Waals surface area contributed by atoms with Gasteiger partial charge in [-0.15, -0.1) is 0 Å². The fourth-order valence-corrected chi connectivity index (χ4v) is 1.68. The third-order valence-electron chi connectivity index (χ3n) is 2.65. The summed E-state index contributed by atoms with van der Waals surface area (Å²) in [5.41, 5.74) is 1.39. The van der Waals surface area contributed by atoms with Gasteiger partial charge in [0.1, 0.15) is 12.4 Å². The Balaban J connectivity index is 1.76. The number of hydrogen-bond acceptors (Lipinski definition) is 4. The number of hydrogen-bond donors (Lipinski definition) is 0. The molecule has 0 aliphatic carbocycles. The van der Waals surface area contributed by atoms with E-state index in [1.165, 1.54) is 0 Å². The molecule has 0 radical (unpaired) electrons. The zero-order valence-electron chi connectivity index (χ0n) is 11.1. The first kappa shape index (κ1) is 14.9. The Labute approximate surface area is 127 Å². The molecule has 0 aliphatic heterocycles. The summed E-state index contributed by atoms with van der Waals surface area (Å²) in [6, 6.07) is 15.5. The molecule has 2 aromatic rings. The summed E-state index contributed by atoms with van der Waals surface area (Å²) in [6.45, 7) is -0.00772. The Morgan fingerprint density at radius 3 is 2.38 bits per heavy atom. The van der Waals surface area contributed by atoms with Gasteiger partial charge in [0, 0.05) is 5.02 Å². The van der Waals surface area contributed by atoms with Crippen molar-refractivity contribution >= 4 is 17.6 Å². The first-order valence-corrected chi connectivity index (χ1v) is 6.58. The first-order valence-electron chi connectivity index (χ1n) is 6.20. The Kier molecular flexibility index (Phi) is 5.19. The van der Waals surface area contributed by atoms with Gasteiger partial charge in [-0.3, -0.25) is 0 Å². The van der Waals surface area contributed by atoms with E-state index in [2.05, 4.69) is 0 Å². The second-order valence-corrected chi connectivity index (χ2v) is 4.65. The zero-order valence-corrected chi connectivity index (χ0v) is 11.8. The van der Waals surface area contributed by atoms with E-state index in [9.17, 15) is 4.79 Å². The monoisotopic (exact) mass is 301 g/mol. The molecule has 4 nitrogen and oxygen atoms in total. The van der Waals surface area contributed by atoms with Crippen LogP contribution in [-0.4, -0.2) is 12.6 Å². The lowest BCUT2D eigenvalue weighted by atomic mass is 10.2. The molecule has 0 saturated carbocycles. The normalized spacial score (nSPS) is 9.71. The molecule has 0 unspecified atom stereocenters. The fourth-order valence-electron chi connectivity index (χ4n) is 1.55. The van der Waals surface area contributed by atoms with Crippen LogP contribution in [-0.2, 0) is 16.1 Å². The molecular formula is C16H12ClNO3. The smallest absolute Gasteiger partial charge is 0.344 e. The number of rotatable bonds is 5. The van der Waals surface area contributed by atoms with E-state index in [0.717, 1.165) is 5.56 Å². The summed E-state index contributed by atoms with van der Waals surface area (Å²) >= 11 is 5.77. The van der Waals surface area contributed by atoms with Crippen molar-refractivity contribution in [3.05, 3.63) is 64.7 Å². The number of esters is 1. The standard InChI is InChI=1S/C16H12ClNO3/c17-14-5-1-13(2-6-14)10-21-16(19)11-20-15-7-3-12(9-18)4-8-15/h1-8H,10-11H2. The van der Waals surface area contributed by atoms with Crippen LogP contribution in [0.1, 0.15) is 11.1 Å². The van der Waals surface area contributed by atoms with Gasteiger partial charge in [-0.05, 0) is 42.0 Å². The minimum atomic E-state index is -0.464. The summed E-state index contributed by atoms with van der Waals surface area (Å²) in [5.74, 6) is 0.0479. The highest BCUT2D eigenvalue weighted by atomic mass is 35.5. The second kappa shape index (κ2) is 7.32. The fraction of sp³-hybridized carbons (Fsp3) is 0.125. The topological polar surface area (TPSA) is 59.3 Å². The second-order valence-electron chi connectivity index (χ2n) is 4.21. The van der Waals surface area contributed by atoms with Crippen LogP contribution in [0.5, 0.6) is 5.75 Å². The molecule has 2 rings (SSSR count). The van der Waals surface area contributed by atoms with Gasteiger partial charge in [-0.25, -0.2) is 4.79 Å². The third kappa shape index (κ3) is 4.83. The van der Waals surface area contributed by atoms with E-state index in [1.54, 1.807) is 48.5 Å². The van der Waals surface area contributed by atoms with Crippen LogP contribution >= 0.6 is 11.6 Å². The van der Waals surface area contributed by atoms with Crippen LogP contribution < -0.4 is 4.74 Å². The summed E-state index contributed by atoms with van der Waals surface area (Å²) in [7, 11) is 0. The van der Waals surface area contributed by atoms with Crippen LogP contribution in [0, 0.1) is 11.3 Å². The average molecular weight is 302 g/mol. The van der Waals surface area contributed by atoms with Crippen molar-refractivity contribution in [1.82, 2.24) is 0 Å². The van der Waals surface area contributed by atoms with E-state index < -0.39 is 5.97 Å². The largest absolute Gasteiger partial charge is 0.482 e. The van der Waals surface area contributed by atoms with E-state index in [-0.39, 0.29) is 13.2 Å². The average Bonchev–Trinajstić information content (AvgIpc) is 2.53. The van der Waals surface area contributed by atoms with Gasteiger partial charge in [0.05, 0.1) is 11.6 Å². The molecule has 2 aromatic carbocycles. The molecule has 0 aromatic heterocycles. The maximum atomic E-state index is 11.6. The molecule has 0 spiro atoms. The van der Waals surface area contributed by atoms with Crippen molar-refractivity contribution in [2.45, 2.75) is 6.61 Å². The molecule has 0 N–H and O–H groups in total. The highest BCUT2D eigenvalue weighted by molar-refractivity contribution is 6.30. The number of halogens is 1. The van der Waals surface area contributed by atoms with E-state index in [0.29, 0.717) is 16.3 Å². The van der Waals surface area contributed by atoms with Gasteiger partial charge in [-0.2, -0.15) is 5.26 Å². The van der Waals surface area contributed by atoms with Gasteiger partial charge in [0.25, 0.3) is 0 Å². The van der Waals surface area contributed by atoms with Crippen LogP contribution in [0.4, 0.5) is 0 Å². The number of ether oxygens (including phenoxy) is 2. The quantitative estimate of drug-likeness (QED) is 0.795. The third-order valence-corrected chi connectivity index (χ3v) is 2.91. The zero-order chi connectivity index (χ0) is 15.1. The van der Waals surface area contributed by atoms with Crippen molar-refractivity contribution < 1.29 is 14.3 Å². The van der Waals surface area contributed by atoms with Crippen molar-refractivity contribution in [2.75, 3.05) is 6.61 Å². The number of carbonyl (C=O) groups excluding carboxylic acids is 1. The molecule has 5 heteroatoms. The molecule has 0 saturated heterocycles. The van der Waals surface area contributed by atoms with Gasteiger partial charge in [0.2, 0.25) is 0 Å². The van der Waals surface area contributed by atoms with Gasteiger partial charge in [-0.1, -0.05) is 23.7 Å². The van der Waals surface area contributed by atoms with Crippen LogP contribution in [0.15, 0.2) is 48.5 Å². The molecule has 0 bridgehead atoms. The molecular weight excluding hydrogens is 290 g/mol. The summed E-state index contributed by atoms with van der Waals surface area (Å²) in [5, 5.41) is 9.30. The SMILES string of the molecule is N#Cc1ccc(OCC(=O)OCc2ccc(Cl)cc2)cc1. The molecule has 0 amide bonds. The van der Waals surface area contributed by atoms with Crippen molar-refractivity contribution in [1.29, 1.82) is 5.26 Å². The molecule has 0 heterocycles. The Hall–Kier alpha value is -2.51. The predicted octanol–water partition coefficient (Wildman–Crippen LogP) is 3.33.